The first-order chi connectivity index (χ1) is 20.5. The monoisotopic (exact) mass is 563 g/mol. The van der Waals surface area contributed by atoms with Crippen molar-refractivity contribution < 1.29 is 19.4 Å². The Labute approximate surface area is 244 Å². The fourth-order valence-electron chi connectivity index (χ4n) is 5.74. The summed E-state index contributed by atoms with van der Waals surface area (Å²) in [5, 5.41) is 10.1. The molecule has 0 amide bonds. The number of carboxylic acid groups (broad SMARTS) is 1. The van der Waals surface area contributed by atoms with Crippen LogP contribution in [0.15, 0.2) is 73.2 Å². The van der Waals surface area contributed by atoms with Gasteiger partial charge in [-0.3, -0.25) is 9.78 Å². The standard InChI is InChI=1S/C33H33N5O4/c1-21-10-11-25(34-16-21)20-42-26-12-13-29-30(15-26)38(31(37-29)27-8-3-4-9-28(27)32(39)40)19-22-6-5-7-23(14-22)24-17-35-33(41-2)36-18-24/h5-7,10-18,27-28H,3-4,8-9,19-20H2,1-2H3,(H,39,40)/t27-,28+/m1/s1. The molecule has 5 aromatic rings. The summed E-state index contributed by atoms with van der Waals surface area (Å²) in [7, 11) is 1.54. The Morgan fingerprint density at radius 2 is 1.81 bits per heavy atom. The number of pyridine rings is 1. The molecule has 1 saturated carbocycles. The van der Waals surface area contributed by atoms with Crippen molar-refractivity contribution in [3.63, 3.8) is 0 Å². The minimum Gasteiger partial charge on any atom is -0.487 e. The lowest BCUT2D eigenvalue weighted by Gasteiger charge is -2.28. The fourth-order valence-corrected chi connectivity index (χ4v) is 5.74. The zero-order valence-corrected chi connectivity index (χ0v) is 23.7. The van der Waals surface area contributed by atoms with Gasteiger partial charge >= 0.3 is 12.0 Å². The van der Waals surface area contributed by atoms with Gasteiger partial charge in [0.15, 0.2) is 0 Å². The van der Waals surface area contributed by atoms with Crippen molar-refractivity contribution in [1.29, 1.82) is 0 Å². The van der Waals surface area contributed by atoms with E-state index in [0.717, 1.165) is 64.1 Å². The average Bonchev–Trinajstić information content (AvgIpc) is 3.38. The van der Waals surface area contributed by atoms with Crippen LogP contribution in [-0.4, -0.2) is 42.7 Å². The summed E-state index contributed by atoms with van der Waals surface area (Å²) < 4.78 is 13.4. The highest BCUT2D eigenvalue weighted by Crippen LogP contribution is 2.39. The van der Waals surface area contributed by atoms with Crippen LogP contribution in [0.1, 0.15) is 54.2 Å². The fraction of sp³-hybridized carbons (Fsp3) is 0.303. The number of benzene rings is 2. The molecule has 0 bridgehead atoms. The van der Waals surface area contributed by atoms with Crippen LogP contribution in [0.25, 0.3) is 22.2 Å². The van der Waals surface area contributed by atoms with E-state index in [1.54, 1.807) is 19.5 Å². The highest BCUT2D eigenvalue weighted by Gasteiger charge is 2.35. The maximum atomic E-state index is 12.3. The van der Waals surface area contributed by atoms with Gasteiger partial charge in [-0.05, 0) is 60.7 Å². The third-order valence-corrected chi connectivity index (χ3v) is 7.94. The molecule has 1 aliphatic rings. The van der Waals surface area contributed by atoms with E-state index >= 15 is 0 Å². The molecule has 3 aromatic heterocycles. The van der Waals surface area contributed by atoms with Crippen molar-refractivity contribution in [2.45, 2.75) is 51.7 Å². The number of nitrogens with zero attached hydrogens (tertiary/aromatic N) is 5. The molecule has 0 spiro atoms. The highest BCUT2D eigenvalue weighted by atomic mass is 16.5. The lowest BCUT2D eigenvalue weighted by atomic mass is 9.78. The summed E-state index contributed by atoms with van der Waals surface area (Å²) in [5.74, 6) is 0.144. The Bertz CT molecular complexity index is 1700. The van der Waals surface area contributed by atoms with Gasteiger partial charge in [0.25, 0.3) is 0 Å². The lowest BCUT2D eigenvalue weighted by Crippen LogP contribution is -2.27. The first kappa shape index (κ1) is 27.4. The molecule has 214 valence electrons. The van der Waals surface area contributed by atoms with Gasteiger partial charge in [-0.1, -0.05) is 37.1 Å². The van der Waals surface area contributed by atoms with Gasteiger partial charge in [0.1, 0.15) is 18.2 Å². The molecule has 9 heteroatoms. The quantitative estimate of drug-likeness (QED) is 0.226. The topological polar surface area (TPSA) is 112 Å². The summed E-state index contributed by atoms with van der Waals surface area (Å²) in [6.45, 7) is 2.89. The van der Waals surface area contributed by atoms with Crippen LogP contribution in [0.3, 0.4) is 0 Å². The van der Waals surface area contributed by atoms with Crippen molar-refractivity contribution in [2.24, 2.45) is 5.92 Å². The second kappa shape index (κ2) is 12.0. The van der Waals surface area contributed by atoms with Gasteiger partial charge < -0.3 is 19.1 Å². The van der Waals surface area contributed by atoms with Crippen LogP contribution in [0.4, 0.5) is 0 Å². The molecule has 0 saturated heterocycles. The van der Waals surface area contributed by atoms with Crippen molar-refractivity contribution in [1.82, 2.24) is 24.5 Å². The Hall–Kier alpha value is -4.79. The number of aromatic nitrogens is 5. The summed E-state index contributed by atoms with van der Waals surface area (Å²) in [4.78, 5) is 30.3. The van der Waals surface area contributed by atoms with E-state index in [9.17, 15) is 9.90 Å². The number of aliphatic carboxylic acids is 1. The second-order valence-corrected chi connectivity index (χ2v) is 10.8. The van der Waals surface area contributed by atoms with Crippen molar-refractivity contribution >= 4 is 17.0 Å². The highest BCUT2D eigenvalue weighted by molar-refractivity contribution is 5.79. The number of hydrogen-bond acceptors (Lipinski definition) is 7. The Kier molecular flexibility index (Phi) is 7.81. The Balaban J connectivity index is 1.37. The van der Waals surface area contributed by atoms with Gasteiger partial charge in [-0.15, -0.1) is 0 Å². The molecule has 6 rings (SSSR count). The number of methoxy groups -OCH3 is 1. The first-order valence-electron chi connectivity index (χ1n) is 14.2. The first-order valence-corrected chi connectivity index (χ1v) is 14.2. The zero-order chi connectivity index (χ0) is 29.1. The molecule has 0 radical (unpaired) electrons. The normalized spacial score (nSPS) is 16.8. The van der Waals surface area contributed by atoms with E-state index in [-0.39, 0.29) is 5.92 Å². The number of ether oxygens (including phenoxy) is 2. The van der Waals surface area contributed by atoms with E-state index in [0.29, 0.717) is 31.3 Å². The Morgan fingerprint density at radius 1 is 0.976 bits per heavy atom. The van der Waals surface area contributed by atoms with Gasteiger partial charge in [-0.25, -0.2) is 15.0 Å². The molecule has 2 aromatic carbocycles. The maximum absolute atomic E-state index is 12.3. The number of hydrogen-bond donors (Lipinski definition) is 1. The molecule has 0 unspecified atom stereocenters. The van der Waals surface area contributed by atoms with E-state index in [1.807, 2.05) is 55.6 Å². The smallest absolute Gasteiger partial charge is 0.316 e. The largest absolute Gasteiger partial charge is 0.487 e. The van der Waals surface area contributed by atoms with Crippen molar-refractivity contribution in [2.75, 3.05) is 7.11 Å². The van der Waals surface area contributed by atoms with Gasteiger partial charge in [-0.2, -0.15) is 0 Å². The van der Waals surface area contributed by atoms with E-state index in [2.05, 4.69) is 31.7 Å². The third kappa shape index (κ3) is 5.81. The molecule has 42 heavy (non-hydrogen) atoms. The summed E-state index contributed by atoms with van der Waals surface area (Å²) in [5.41, 5.74) is 6.60. The second-order valence-electron chi connectivity index (χ2n) is 10.8. The molecule has 1 fully saturated rings. The molecular formula is C33H33N5O4. The molecular weight excluding hydrogens is 530 g/mol. The number of fused-ring (bicyclic) bond motifs is 1. The van der Waals surface area contributed by atoms with Gasteiger partial charge in [0.2, 0.25) is 0 Å². The number of carboxylic acids is 1. The van der Waals surface area contributed by atoms with Crippen LogP contribution in [0.5, 0.6) is 11.8 Å². The third-order valence-electron chi connectivity index (χ3n) is 7.94. The molecule has 3 heterocycles. The van der Waals surface area contributed by atoms with E-state index in [1.165, 1.54) is 0 Å². The summed E-state index contributed by atoms with van der Waals surface area (Å²) >= 11 is 0. The molecule has 0 aliphatic heterocycles. The van der Waals surface area contributed by atoms with Crippen LogP contribution in [0, 0.1) is 12.8 Å². The molecule has 9 nitrogen and oxygen atoms in total. The van der Waals surface area contributed by atoms with Crippen LogP contribution in [0.2, 0.25) is 0 Å². The minimum absolute atomic E-state index is 0.164. The molecule has 1 aliphatic carbocycles. The lowest BCUT2D eigenvalue weighted by molar-refractivity contribution is -0.143. The van der Waals surface area contributed by atoms with Crippen molar-refractivity contribution in [3.8, 4) is 22.9 Å². The summed E-state index contributed by atoms with van der Waals surface area (Å²) in [6.07, 6.45) is 8.69. The molecule has 1 N–H and O–H groups in total. The Morgan fingerprint density at radius 3 is 2.57 bits per heavy atom. The van der Waals surface area contributed by atoms with Crippen LogP contribution < -0.4 is 9.47 Å². The van der Waals surface area contributed by atoms with Crippen LogP contribution >= 0.6 is 0 Å². The zero-order valence-electron chi connectivity index (χ0n) is 23.7. The molecule has 2 atom stereocenters. The minimum atomic E-state index is -0.755. The summed E-state index contributed by atoms with van der Waals surface area (Å²) in [6, 6.07) is 18.4. The predicted molar refractivity (Wildman–Crippen MR) is 158 cm³/mol. The van der Waals surface area contributed by atoms with Gasteiger partial charge in [0, 0.05) is 42.7 Å². The average molecular weight is 564 g/mol. The predicted octanol–water partition coefficient (Wildman–Crippen LogP) is 6.19. The maximum Gasteiger partial charge on any atom is 0.316 e. The number of carbonyl (C=O) groups is 1. The van der Waals surface area contributed by atoms with E-state index in [4.69, 9.17) is 14.5 Å². The number of aryl methyl sites for hydroxylation is 1. The number of rotatable bonds is 9. The van der Waals surface area contributed by atoms with E-state index < -0.39 is 11.9 Å². The number of imidazole rings is 1. The SMILES string of the molecule is COc1ncc(-c2cccc(Cn3c([C@@H]4CCCC[C@@H]4C(=O)O)nc4ccc(OCc5ccc(C)cn5)cc43)c2)cn1. The van der Waals surface area contributed by atoms with Crippen LogP contribution in [-0.2, 0) is 17.9 Å². The van der Waals surface area contributed by atoms with Gasteiger partial charge in [0.05, 0.1) is 29.8 Å². The van der Waals surface area contributed by atoms with Crippen molar-refractivity contribution in [3.05, 3.63) is 95.8 Å².